The van der Waals surface area contributed by atoms with Crippen molar-refractivity contribution < 1.29 is 33.9 Å². The number of aliphatic hydroxyl groups excluding tert-OH is 1. The molecule has 1 heterocycles. The van der Waals surface area contributed by atoms with Gasteiger partial charge < -0.3 is 32.1 Å². The highest BCUT2D eigenvalue weighted by Gasteiger charge is 2.29. The Bertz CT molecular complexity index is 1390. The van der Waals surface area contributed by atoms with Gasteiger partial charge >= 0.3 is 6.03 Å². The third-order valence-corrected chi connectivity index (χ3v) is 7.14. The SMILES string of the molecule is CC(C)[C@H](NC(=O)CCCc1ccc(N2C(=O)C=CC2=O)cc1)C(=O)N[C@@H](CCCNC(N)=O)C(=O)Nc1ccc(CO)cc1. The molecule has 0 fully saturated rings. The number of hydrogen-bond donors (Lipinski definition) is 6. The van der Waals surface area contributed by atoms with Gasteiger partial charge in [-0.3, -0.25) is 24.0 Å². The second-order valence-corrected chi connectivity index (χ2v) is 11.0. The van der Waals surface area contributed by atoms with Gasteiger partial charge in [0, 0.05) is 30.8 Å². The molecule has 7 amide bonds. The number of primary amides is 1. The van der Waals surface area contributed by atoms with Crippen molar-refractivity contribution >= 4 is 46.9 Å². The minimum atomic E-state index is -0.965. The molecule has 2 atom stereocenters. The van der Waals surface area contributed by atoms with Gasteiger partial charge in [0.15, 0.2) is 0 Å². The molecule has 0 aromatic heterocycles. The number of carbonyl (C=O) groups is 6. The van der Waals surface area contributed by atoms with Crippen LogP contribution in [0.3, 0.4) is 0 Å². The quantitative estimate of drug-likeness (QED) is 0.121. The fourth-order valence-corrected chi connectivity index (χ4v) is 4.67. The summed E-state index contributed by atoms with van der Waals surface area (Å²) in [5.74, 6) is -2.39. The van der Waals surface area contributed by atoms with E-state index < -0.39 is 41.7 Å². The maximum atomic E-state index is 13.3. The van der Waals surface area contributed by atoms with E-state index in [0.717, 1.165) is 10.5 Å². The summed E-state index contributed by atoms with van der Waals surface area (Å²) in [6, 6.07) is 11.0. The van der Waals surface area contributed by atoms with Crippen molar-refractivity contribution in [2.75, 3.05) is 16.8 Å². The van der Waals surface area contributed by atoms with Crippen LogP contribution in [0, 0.1) is 5.92 Å². The number of urea groups is 1. The molecule has 13 nitrogen and oxygen atoms in total. The first kappa shape index (κ1) is 34.5. The summed E-state index contributed by atoms with van der Waals surface area (Å²) >= 11 is 0. The molecule has 1 aliphatic rings. The number of aliphatic hydroxyl groups is 1. The van der Waals surface area contributed by atoms with E-state index in [2.05, 4.69) is 21.3 Å². The van der Waals surface area contributed by atoms with Crippen molar-refractivity contribution in [2.24, 2.45) is 11.7 Å². The van der Waals surface area contributed by atoms with Gasteiger partial charge in [-0.05, 0) is 67.0 Å². The summed E-state index contributed by atoms with van der Waals surface area (Å²) in [6.45, 7) is 3.63. The van der Waals surface area contributed by atoms with Crippen LogP contribution in [0.5, 0.6) is 0 Å². The van der Waals surface area contributed by atoms with Crippen molar-refractivity contribution in [3.63, 3.8) is 0 Å². The van der Waals surface area contributed by atoms with E-state index in [9.17, 15) is 33.9 Å². The number of amides is 7. The molecule has 45 heavy (non-hydrogen) atoms. The highest BCUT2D eigenvalue weighted by Crippen LogP contribution is 2.20. The number of nitrogens with one attached hydrogen (secondary N) is 4. The number of benzene rings is 2. The molecular formula is C32H40N6O7. The van der Waals surface area contributed by atoms with Crippen molar-refractivity contribution in [3.05, 3.63) is 71.8 Å². The minimum absolute atomic E-state index is 0.140. The molecule has 2 aromatic rings. The number of carbonyl (C=O) groups excluding carboxylic acids is 6. The molecule has 13 heteroatoms. The Hall–Kier alpha value is -5.04. The molecule has 0 bridgehead atoms. The summed E-state index contributed by atoms with van der Waals surface area (Å²) in [5, 5.41) is 20.0. The van der Waals surface area contributed by atoms with E-state index in [1.165, 1.54) is 12.2 Å². The average Bonchev–Trinajstić information content (AvgIpc) is 3.35. The number of hydrogen-bond acceptors (Lipinski definition) is 7. The van der Waals surface area contributed by atoms with Crippen LogP contribution in [0.1, 0.15) is 50.7 Å². The molecule has 7 N–H and O–H groups in total. The molecule has 240 valence electrons. The van der Waals surface area contributed by atoms with Gasteiger partial charge in [-0.15, -0.1) is 0 Å². The zero-order valence-electron chi connectivity index (χ0n) is 25.4. The lowest BCUT2D eigenvalue weighted by Crippen LogP contribution is -2.54. The Labute approximate surface area is 261 Å². The van der Waals surface area contributed by atoms with E-state index in [1.54, 1.807) is 62.4 Å². The average molecular weight is 621 g/mol. The summed E-state index contributed by atoms with van der Waals surface area (Å²) in [5.41, 5.74) is 7.66. The number of anilines is 2. The highest BCUT2D eigenvalue weighted by molar-refractivity contribution is 6.28. The lowest BCUT2D eigenvalue weighted by molar-refractivity contribution is -0.132. The Kier molecular flexibility index (Phi) is 12.8. The maximum Gasteiger partial charge on any atom is 0.312 e. The lowest BCUT2D eigenvalue weighted by atomic mass is 10.0. The Morgan fingerprint density at radius 2 is 1.47 bits per heavy atom. The standard InChI is InChI=1S/C32H40N6O7/c1-20(2)29(37-26(40)7-3-5-21-10-14-24(15-11-21)38-27(41)16-17-28(38)42)31(44)36-25(6-4-18-34-32(33)45)30(43)35-23-12-8-22(19-39)9-13-23/h8-17,20,25,29,39H,3-7,18-19H2,1-2H3,(H,35,43)(H,36,44)(H,37,40)(H3,33,34,45)/t25-,29-/m0/s1. The number of imide groups is 1. The first-order valence-electron chi connectivity index (χ1n) is 14.8. The Morgan fingerprint density at radius 3 is 2.04 bits per heavy atom. The largest absolute Gasteiger partial charge is 0.392 e. The second kappa shape index (κ2) is 16.7. The minimum Gasteiger partial charge on any atom is -0.392 e. The first-order chi connectivity index (χ1) is 21.5. The first-order valence-corrected chi connectivity index (χ1v) is 14.8. The van der Waals surface area contributed by atoms with Crippen LogP contribution in [0.4, 0.5) is 16.2 Å². The van der Waals surface area contributed by atoms with E-state index in [0.29, 0.717) is 36.2 Å². The molecule has 0 aliphatic carbocycles. The van der Waals surface area contributed by atoms with Crippen LogP contribution in [0.2, 0.25) is 0 Å². The molecule has 0 unspecified atom stereocenters. The summed E-state index contributed by atoms with van der Waals surface area (Å²) in [4.78, 5) is 75.1. The molecule has 0 saturated carbocycles. The number of rotatable bonds is 16. The van der Waals surface area contributed by atoms with Crippen LogP contribution in [-0.2, 0) is 37.0 Å². The predicted octanol–water partition coefficient (Wildman–Crippen LogP) is 1.64. The van der Waals surface area contributed by atoms with Gasteiger partial charge in [0.2, 0.25) is 17.7 Å². The van der Waals surface area contributed by atoms with Crippen LogP contribution in [0.25, 0.3) is 0 Å². The van der Waals surface area contributed by atoms with Crippen LogP contribution in [0.15, 0.2) is 60.7 Å². The Morgan fingerprint density at radius 1 is 0.844 bits per heavy atom. The molecule has 0 saturated heterocycles. The van der Waals surface area contributed by atoms with Crippen LogP contribution in [-0.4, -0.2) is 59.3 Å². The van der Waals surface area contributed by atoms with Crippen LogP contribution < -0.4 is 31.9 Å². The summed E-state index contributed by atoms with van der Waals surface area (Å²) < 4.78 is 0. The summed E-state index contributed by atoms with van der Waals surface area (Å²) in [7, 11) is 0. The van der Waals surface area contributed by atoms with E-state index >= 15 is 0 Å². The molecule has 3 rings (SSSR count). The monoisotopic (exact) mass is 620 g/mol. The topological polar surface area (TPSA) is 200 Å². The Balaban J connectivity index is 1.55. The normalized spacial score (nSPS) is 13.8. The fraction of sp³-hybridized carbons (Fsp3) is 0.375. The van der Waals surface area contributed by atoms with Gasteiger partial charge in [-0.2, -0.15) is 0 Å². The highest BCUT2D eigenvalue weighted by atomic mass is 16.3. The zero-order chi connectivity index (χ0) is 32.9. The van der Waals surface area contributed by atoms with Gasteiger partial charge in [-0.25, -0.2) is 9.69 Å². The smallest absolute Gasteiger partial charge is 0.312 e. The third-order valence-electron chi connectivity index (χ3n) is 7.14. The van der Waals surface area contributed by atoms with E-state index in [4.69, 9.17) is 5.73 Å². The maximum absolute atomic E-state index is 13.3. The van der Waals surface area contributed by atoms with Gasteiger partial charge in [-0.1, -0.05) is 38.1 Å². The van der Waals surface area contributed by atoms with Gasteiger partial charge in [0.1, 0.15) is 12.1 Å². The predicted molar refractivity (Wildman–Crippen MR) is 168 cm³/mol. The zero-order valence-corrected chi connectivity index (χ0v) is 25.4. The molecule has 2 aromatic carbocycles. The van der Waals surface area contributed by atoms with Gasteiger partial charge in [0.25, 0.3) is 11.8 Å². The van der Waals surface area contributed by atoms with Crippen molar-refractivity contribution in [1.29, 1.82) is 0 Å². The lowest BCUT2D eigenvalue weighted by Gasteiger charge is -2.25. The molecule has 0 radical (unpaired) electrons. The molecule has 0 spiro atoms. The fourth-order valence-electron chi connectivity index (χ4n) is 4.67. The van der Waals surface area contributed by atoms with Crippen LogP contribution >= 0.6 is 0 Å². The number of nitrogens with zero attached hydrogens (tertiary/aromatic N) is 1. The second-order valence-electron chi connectivity index (χ2n) is 11.0. The van der Waals surface area contributed by atoms with E-state index in [1.807, 2.05) is 0 Å². The van der Waals surface area contributed by atoms with Crippen molar-refractivity contribution in [2.45, 2.75) is 64.6 Å². The van der Waals surface area contributed by atoms with E-state index in [-0.39, 0.29) is 37.8 Å². The number of nitrogens with two attached hydrogens (primary N) is 1. The molecule has 1 aliphatic heterocycles. The number of aryl methyl sites for hydroxylation is 1. The van der Waals surface area contributed by atoms with Gasteiger partial charge in [0.05, 0.1) is 12.3 Å². The van der Waals surface area contributed by atoms with Crippen molar-refractivity contribution in [1.82, 2.24) is 16.0 Å². The summed E-state index contributed by atoms with van der Waals surface area (Å²) in [6.07, 6.45) is 4.20. The van der Waals surface area contributed by atoms with Crippen molar-refractivity contribution in [3.8, 4) is 0 Å². The molecular weight excluding hydrogens is 580 g/mol. The third kappa shape index (κ3) is 10.6.